The molecule has 5 nitrogen and oxygen atoms in total. The molecule has 7 atom stereocenters. The lowest BCUT2D eigenvalue weighted by Crippen LogP contribution is -2.47. The van der Waals surface area contributed by atoms with Crippen molar-refractivity contribution < 1.29 is 24.9 Å². The van der Waals surface area contributed by atoms with E-state index in [1.807, 2.05) is 19.1 Å². The number of aryl methyl sites for hydroxylation is 1. The van der Waals surface area contributed by atoms with Crippen molar-refractivity contribution in [1.82, 2.24) is 0 Å². The van der Waals surface area contributed by atoms with E-state index in [4.69, 9.17) is 4.74 Å². The molecule has 0 radical (unpaired) electrons. The highest BCUT2D eigenvalue weighted by molar-refractivity contribution is 5.66. The number of phenols is 1. The van der Waals surface area contributed by atoms with Gasteiger partial charge in [-0.25, -0.2) is 0 Å². The van der Waals surface area contributed by atoms with E-state index < -0.39 is 29.7 Å². The lowest BCUT2D eigenvalue weighted by atomic mass is 9.55. The standard InChI is InChI=1S/C20H26O5/c1-10(21)25-19-18(24)17(23)16-15-5-3-11-9-12(22)4-6-13(11)14(15)7-8-20(16,19)2/h4,6,9,14-19,22-24H,3,5,7-8H2,1-2H3/t14-,15-,16-,17-,18-,19+,20+/m1/s1. The Labute approximate surface area is 147 Å². The number of carbonyl (C=O) groups excluding carboxylic acids is 1. The first kappa shape index (κ1) is 16.9. The summed E-state index contributed by atoms with van der Waals surface area (Å²) in [6.45, 7) is 3.40. The minimum absolute atomic E-state index is 0.0902. The predicted octanol–water partition coefficient (Wildman–Crippen LogP) is 2.12. The van der Waals surface area contributed by atoms with Gasteiger partial charge in [-0.3, -0.25) is 4.79 Å². The summed E-state index contributed by atoms with van der Waals surface area (Å²) in [5.74, 6) is 0.364. The van der Waals surface area contributed by atoms with Gasteiger partial charge in [0.05, 0.1) is 6.10 Å². The van der Waals surface area contributed by atoms with Crippen LogP contribution >= 0.6 is 0 Å². The van der Waals surface area contributed by atoms with E-state index in [1.54, 1.807) is 6.07 Å². The Kier molecular flexibility index (Phi) is 3.85. The van der Waals surface area contributed by atoms with Crippen molar-refractivity contribution in [3.8, 4) is 5.75 Å². The third kappa shape index (κ3) is 2.40. The molecule has 3 aliphatic rings. The van der Waals surface area contributed by atoms with Gasteiger partial charge in [0.1, 0.15) is 18.0 Å². The average molecular weight is 346 g/mol. The number of hydrogen-bond donors (Lipinski definition) is 3. The minimum Gasteiger partial charge on any atom is -0.508 e. The van der Waals surface area contributed by atoms with Crippen LogP contribution in [0.2, 0.25) is 0 Å². The monoisotopic (exact) mass is 346 g/mol. The second kappa shape index (κ2) is 5.71. The first-order valence-electron chi connectivity index (χ1n) is 9.18. The van der Waals surface area contributed by atoms with Gasteiger partial charge in [0.2, 0.25) is 0 Å². The number of aromatic hydroxyl groups is 1. The lowest BCUT2D eigenvalue weighted by molar-refractivity contribution is -0.161. The lowest BCUT2D eigenvalue weighted by Gasteiger charge is -2.50. The molecule has 136 valence electrons. The van der Waals surface area contributed by atoms with Gasteiger partial charge in [-0.15, -0.1) is 0 Å². The second-order valence-electron chi connectivity index (χ2n) is 8.27. The summed E-state index contributed by atoms with van der Waals surface area (Å²) < 4.78 is 5.45. The van der Waals surface area contributed by atoms with Crippen LogP contribution in [-0.4, -0.2) is 39.6 Å². The molecular formula is C20H26O5. The Bertz CT molecular complexity index is 701. The predicted molar refractivity (Wildman–Crippen MR) is 91.1 cm³/mol. The van der Waals surface area contributed by atoms with Crippen molar-refractivity contribution in [3.63, 3.8) is 0 Å². The van der Waals surface area contributed by atoms with Gasteiger partial charge in [-0.2, -0.15) is 0 Å². The molecule has 4 rings (SSSR count). The summed E-state index contributed by atoms with van der Waals surface area (Å²) in [6.07, 6.45) is 0.959. The zero-order valence-electron chi connectivity index (χ0n) is 14.7. The third-order valence-corrected chi connectivity index (χ3v) is 6.98. The maximum absolute atomic E-state index is 11.5. The molecule has 2 saturated carbocycles. The number of hydrogen-bond acceptors (Lipinski definition) is 5. The fourth-order valence-corrected chi connectivity index (χ4v) is 5.99. The molecule has 0 unspecified atom stereocenters. The van der Waals surface area contributed by atoms with Crippen molar-refractivity contribution in [1.29, 1.82) is 0 Å². The smallest absolute Gasteiger partial charge is 0.303 e. The highest BCUT2D eigenvalue weighted by Crippen LogP contribution is 2.61. The number of rotatable bonds is 1. The van der Waals surface area contributed by atoms with Crippen molar-refractivity contribution in [2.75, 3.05) is 0 Å². The average Bonchev–Trinajstić information content (AvgIpc) is 2.75. The summed E-state index contributed by atoms with van der Waals surface area (Å²) in [5, 5.41) is 31.1. The number of aliphatic hydroxyl groups excluding tert-OH is 2. The number of benzene rings is 1. The van der Waals surface area contributed by atoms with E-state index >= 15 is 0 Å². The highest BCUT2D eigenvalue weighted by atomic mass is 16.6. The molecular weight excluding hydrogens is 320 g/mol. The Hall–Kier alpha value is -1.59. The molecule has 0 spiro atoms. The van der Waals surface area contributed by atoms with Crippen molar-refractivity contribution in [2.45, 2.75) is 63.8 Å². The quantitative estimate of drug-likeness (QED) is 0.678. The first-order valence-corrected chi connectivity index (χ1v) is 9.18. The van der Waals surface area contributed by atoms with Crippen LogP contribution in [0, 0.1) is 17.3 Å². The Morgan fingerprint density at radius 2 is 2.00 bits per heavy atom. The molecule has 2 fully saturated rings. The van der Waals surface area contributed by atoms with E-state index in [2.05, 4.69) is 0 Å². The van der Waals surface area contributed by atoms with E-state index in [1.165, 1.54) is 18.1 Å². The normalized spacial score (nSPS) is 42.2. The maximum Gasteiger partial charge on any atom is 0.303 e. The fourth-order valence-electron chi connectivity index (χ4n) is 5.99. The van der Waals surface area contributed by atoms with Gasteiger partial charge in [0.15, 0.2) is 0 Å². The Morgan fingerprint density at radius 1 is 1.24 bits per heavy atom. The number of fused-ring (bicyclic) bond motifs is 5. The van der Waals surface area contributed by atoms with Gasteiger partial charge in [0.25, 0.3) is 0 Å². The van der Waals surface area contributed by atoms with Gasteiger partial charge in [-0.05, 0) is 66.7 Å². The molecule has 3 aliphatic carbocycles. The van der Waals surface area contributed by atoms with E-state index in [0.29, 0.717) is 11.7 Å². The SMILES string of the molecule is CC(=O)O[C@H]1[C@H](O)[C@H](O)[C@H]2[C@@H]3CCc4cc(O)ccc4[C@H]3CC[C@@]21C. The number of carbonyl (C=O) groups is 1. The van der Waals surface area contributed by atoms with Crippen LogP contribution in [-0.2, 0) is 16.0 Å². The van der Waals surface area contributed by atoms with Crippen LogP contribution in [0.1, 0.15) is 50.2 Å². The summed E-state index contributed by atoms with van der Waals surface area (Å²) in [6, 6.07) is 5.59. The van der Waals surface area contributed by atoms with E-state index in [0.717, 1.165) is 25.7 Å². The fraction of sp³-hybridized carbons (Fsp3) is 0.650. The van der Waals surface area contributed by atoms with Crippen molar-refractivity contribution in [2.24, 2.45) is 17.3 Å². The van der Waals surface area contributed by atoms with Crippen LogP contribution in [0.15, 0.2) is 18.2 Å². The maximum atomic E-state index is 11.5. The van der Waals surface area contributed by atoms with Gasteiger partial charge in [0, 0.05) is 12.3 Å². The molecule has 0 aromatic heterocycles. The van der Waals surface area contributed by atoms with Crippen LogP contribution < -0.4 is 0 Å². The highest BCUT2D eigenvalue weighted by Gasteiger charge is 2.64. The van der Waals surface area contributed by atoms with Crippen LogP contribution in [0.4, 0.5) is 0 Å². The van der Waals surface area contributed by atoms with Gasteiger partial charge >= 0.3 is 5.97 Å². The number of phenolic OH excluding ortho intramolecular Hbond substituents is 1. The topological polar surface area (TPSA) is 87.0 Å². The van der Waals surface area contributed by atoms with Gasteiger partial charge in [-0.1, -0.05) is 13.0 Å². The summed E-state index contributed by atoms with van der Waals surface area (Å²) in [7, 11) is 0. The number of esters is 1. The first-order chi connectivity index (χ1) is 11.8. The van der Waals surface area contributed by atoms with E-state index in [-0.39, 0.29) is 11.8 Å². The zero-order valence-corrected chi connectivity index (χ0v) is 14.7. The Morgan fingerprint density at radius 3 is 2.72 bits per heavy atom. The number of aliphatic hydroxyl groups is 2. The molecule has 3 N–H and O–H groups in total. The van der Waals surface area contributed by atoms with Gasteiger partial charge < -0.3 is 20.1 Å². The van der Waals surface area contributed by atoms with Crippen LogP contribution in [0.5, 0.6) is 5.75 Å². The molecule has 1 aromatic carbocycles. The van der Waals surface area contributed by atoms with Crippen molar-refractivity contribution in [3.05, 3.63) is 29.3 Å². The molecule has 0 bridgehead atoms. The molecule has 0 amide bonds. The summed E-state index contributed by atoms with van der Waals surface area (Å²) >= 11 is 0. The largest absolute Gasteiger partial charge is 0.508 e. The molecule has 0 aliphatic heterocycles. The van der Waals surface area contributed by atoms with Crippen LogP contribution in [0.25, 0.3) is 0 Å². The molecule has 25 heavy (non-hydrogen) atoms. The second-order valence-corrected chi connectivity index (χ2v) is 8.27. The third-order valence-electron chi connectivity index (χ3n) is 6.98. The van der Waals surface area contributed by atoms with Crippen molar-refractivity contribution >= 4 is 5.97 Å². The number of ether oxygens (including phenoxy) is 1. The summed E-state index contributed by atoms with van der Waals surface area (Å²) in [5.41, 5.74) is 2.04. The summed E-state index contributed by atoms with van der Waals surface area (Å²) in [4.78, 5) is 11.5. The Balaban J connectivity index is 1.70. The van der Waals surface area contributed by atoms with E-state index in [9.17, 15) is 20.1 Å². The molecule has 0 heterocycles. The zero-order chi connectivity index (χ0) is 17.9. The minimum atomic E-state index is -1.03. The molecule has 5 heteroatoms. The molecule has 1 aromatic rings. The molecule has 0 saturated heterocycles. The van der Waals surface area contributed by atoms with Crippen LogP contribution in [0.3, 0.4) is 0 Å².